The lowest BCUT2D eigenvalue weighted by Gasteiger charge is -2.10. The highest BCUT2D eigenvalue weighted by molar-refractivity contribution is 6.30. The Bertz CT molecular complexity index is 1200. The van der Waals surface area contributed by atoms with Gasteiger partial charge in [0.25, 0.3) is 11.5 Å². The van der Waals surface area contributed by atoms with Crippen LogP contribution in [0.25, 0.3) is 5.69 Å². The second kappa shape index (κ2) is 8.11. The highest BCUT2D eigenvalue weighted by atomic mass is 35.5. The number of hydrogen-bond donors (Lipinski definition) is 1. The minimum atomic E-state index is -0.844. The average molecular weight is 415 g/mol. The van der Waals surface area contributed by atoms with Gasteiger partial charge in [-0.25, -0.2) is 9.59 Å². The van der Waals surface area contributed by atoms with Crippen molar-refractivity contribution < 1.29 is 14.3 Å². The molecular weight excluding hydrogens is 400 g/mol. The van der Waals surface area contributed by atoms with Crippen molar-refractivity contribution in [1.82, 2.24) is 14.3 Å². The van der Waals surface area contributed by atoms with Crippen molar-refractivity contribution >= 4 is 29.2 Å². The van der Waals surface area contributed by atoms with Crippen LogP contribution in [-0.2, 0) is 11.8 Å². The second-order valence-corrected chi connectivity index (χ2v) is 6.34. The highest BCUT2D eigenvalue weighted by Gasteiger charge is 2.19. The maximum Gasteiger partial charge on any atom is 0.351 e. The van der Waals surface area contributed by atoms with E-state index in [4.69, 9.17) is 11.6 Å². The fourth-order valence-corrected chi connectivity index (χ4v) is 2.59. The zero-order valence-corrected chi connectivity index (χ0v) is 16.1. The van der Waals surface area contributed by atoms with E-state index in [1.165, 1.54) is 50.6 Å². The fourth-order valence-electron chi connectivity index (χ4n) is 2.46. The quantitative estimate of drug-likeness (QED) is 0.649. The molecule has 9 nitrogen and oxygen atoms in total. The van der Waals surface area contributed by atoms with E-state index in [1.807, 2.05) is 0 Å². The number of rotatable bonds is 4. The second-order valence-electron chi connectivity index (χ2n) is 5.91. The summed E-state index contributed by atoms with van der Waals surface area (Å²) < 4.78 is 6.33. The first-order chi connectivity index (χ1) is 13.8. The molecule has 1 aromatic heterocycles. The van der Waals surface area contributed by atoms with Crippen LogP contribution in [0.15, 0.2) is 58.1 Å². The van der Waals surface area contributed by atoms with Crippen molar-refractivity contribution in [3.63, 3.8) is 0 Å². The number of halogens is 1. The normalized spacial score (nSPS) is 10.4. The van der Waals surface area contributed by atoms with Gasteiger partial charge < -0.3 is 10.1 Å². The maximum absolute atomic E-state index is 12.6. The highest BCUT2D eigenvalue weighted by Crippen LogP contribution is 2.12. The zero-order chi connectivity index (χ0) is 21.1. The molecule has 0 saturated heterocycles. The number of amides is 1. The number of hydrogen-bond acceptors (Lipinski definition) is 6. The Morgan fingerprint density at radius 3 is 2.24 bits per heavy atom. The fraction of sp³-hybridized carbons (Fsp3) is 0.105. The molecule has 0 aliphatic heterocycles. The molecule has 0 radical (unpaired) electrons. The van der Waals surface area contributed by atoms with Crippen molar-refractivity contribution in [3.8, 4) is 5.69 Å². The van der Waals surface area contributed by atoms with E-state index in [9.17, 15) is 19.2 Å². The van der Waals surface area contributed by atoms with E-state index in [1.54, 1.807) is 12.1 Å². The van der Waals surface area contributed by atoms with Crippen molar-refractivity contribution in [2.75, 3.05) is 12.4 Å². The van der Waals surface area contributed by atoms with Crippen molar-refractivity contribution in [1.29, 1.82) is 0 Å². The Hall–Kier alpha value is -3.72. The number of benzene rings is 2. The van der Waals surface area contributed by atoms with E-state index in [0.29, 0.717) is 22.0 Å². The first-order valence-electron chi connectivity index (χ1n) is 8.28. The van der Waals surface area contributed by atoms with Crippen LogP contribution in [0.5, 0.6) is 0 Å². The summed E-state index contributed by atoms with van der Waals surface area (Å²) in [4.78, 5) is 48.8. The molecule has 1 heterocycles. The zero-order valence-electron chi connectivity index (χ0n) is 15.4. The van der Waals surface area contributed by atoms with Gasteiger partial charge in [-0.3, -0.25) is 14.2 Å². The third kappa shape index (κ3) is 4.09. The van der Waals surface area contributed by atoms with Gasteiger partial charge in [0.05, 0.1) is 18.4 Å². The number of anilines is 1. The number of aromatic nitrogens is 3. The summed E-state index contributed by atoms with van der Waals surface area (Å²) in [5, 5.41) is 6.90. The Morgan fingerprint density at radius 1 is 1.03 bits per heavy atom. The van der Waals surface area contributed by atoms with Crippen LogP contribution in [0.1, 0.15) is 20.8 Å². The number of carbonyl (C=O) groups is 2. The minimum absolute atomic E-state index is 0.302. The number of ether oxygens (including phenoxy) is 1. The lowest BCUT2D eigenvalue weighted by Crippen LogP contribution is -2.43. The summed E-state index contributed by atoms with van der Waals surface area (Å²) in [7, 11) is 2.51. The van der Waals surface area contributed by atoms with Crippen molar-refractivity contribution in [2.24, 2.45) is 7.05 Å². The topological polar surface area (TPSA) is 112 Å². The number of carbonyl (C=O) groups excluding carboxylic acids is 2. The summed E-state index contributed by atoms with van der Waals surface area (Å²) in [6, 6.07) is 12.1. The average Bonchev–Trinajstić information content (AvgIpc) is 2.73. The van der Waals surface area contributed by atoms with Gasteiger partial charge in [-0.05, 0) is 48.5 Å². The van der Waals surface area contributed by atoms with E-state index >= 15 is 0 Å². The molecule has 148 valence electrons. The number of nitrogens with one attached hydrogen (secondary N) is 1. The van der Waals surface area contributed by atoms with Crippen LogP contribution in [0.2, 0.25) is 5.02 Å². The molecule has 3 rings (SSSR count). The van der Waals surface area contributed by atoms with E-state index in [0.717, 1.165) is 9.25 Å². The summed E-state index contributed by atoms with van der Waals surface area (Å²) in [6.45, 7) is 0. The molecular formula is C19H15ClN4O5. The van der Waals surface area contributed by atoms with Gasteiger partial charge in [-0.1, -0.05) is 11.6 Å². The molecule has 0 fully saturated rings. The van der Waals surface area contributed by atoms with Gasteiger partial charge in [0.1, 0.15) is 0 Å². The van der Waals surface area contributed by atoms with Gasteiger partial charge in [-0.2, -0.15) is 9.78 Å². The Balaban J connectivity index is 1.96. The third-order valence-electron chi connectivity index (χ3n) is 4.03. The van der Waals surface area contributed by atoms with Crippen LogP contribution in [-0.4, -0.2) is 33.3 Å². The number of esters is 1. The lowest BCUT2D eigenvalue weighted by molar-refractivity contribution is 0.0600. The SMILES string of the molecule is COC(=O)c1ccc(NC(=O)c2nn(-c3ccc(Cl)cc3)c(=O)n(C)c2=O)cc1. The molecule has 0 bridgehead atoms. The summed E-state index contributed by atoms with van der Waals surface area (Å²) in [5.41, 5.74) is -1.06. The smallest absolute Gasteiger partial charge is 0.351 e. The van der Waals surface area contributed by atoms with Crippen LogP contribution in [0, 0.1) is 0 Å². The van der Waals surface area contributed by atoms with Gasteiger partial charge in [-0.15, -0.1) is 0 Å². The van der Waals surface area contributed by atoms with E-state index in [2.05, 4.69) is 15.2 Å². The predicted molar refractivity (Wildman–Crippen MR) is 106 cm³/mol. The molecule has 29 heavy (non-hydrogen) atoms. The van der Waals surface area contributed by atoms with E-state index in [-0.39, 0.29) is 0 Å². The van der Waals surface area contributed by atoms with E-state index < -0.39 is 28.8 Å². The first-order valence-corrected chi connectivity index (χ1v) is 8.65. The molecule has 3 aromatic rings. The summed E-state index contributed by atoms with van der Waals surface area (Å²) in [5.74, 6) is -1.33. The summed E-state index contributed by atoms with van der Waals surface area (Å²) >= 11 is 5.85. The molecule has 0 aliphatic carbocycles. The molecule has 0 spiro atoms. The van der Waals surface area contributed by atoms with Crippen LogP contribution < -0.4 is 16.6 Å². The number of methoxy groups -OCH3 is 1. The molecule has 1 N–H and O–H groups in total. The first kappa shape index (κ1) is 20.0. The Kier molecular flexibility index (Phi) is 5.60. The summed E-state index contributed by atoms with van der Waals surface area (Å²) in [6.07, 6.45) is 0. The molecule has 0 unspecified atom stereocenters. The third-order valence-corrected chi connectivity index (χ3v) is 4.28. The lowest BCUT2D eigenvalue weighted by atomic mass is 10.2. The largest absolute Gasteiger partial charge is 0.465 e. The van der Waals surface area contributed by atoms with Gasteiger partial charge in [0, 0.05) is 17.8 Å². The maximum atomic E-state index is 12.6. The number of nitrogens with zero attached hydrogens (tertiary/aromatic N) is 3. The van der Waals surface area contributed by atoms with Crippen LogP contribution >= 0.6 is 11.6 Å². The Labute approximate surface area is 169 Å². The standard InChI is InChI=1S/C19H15ClN4O5/c1-23-17(26)15(22-24(19(23)28)14-9-5-12(20)6-10-14)16(25)21-13-7-3-11(4-8-13)18(27)29-2/h3-10H,1-2H3,(H,21,25). The van der Waals surface area contributed by atoms with Crippen molar-refractivity contribution in [3.05, 3.63) is 85.6 Å². The predicted octanol–water partition coefficient (Wildman–Crippen LogP) is 1.62. The van der Waals surface area contributed by atoms with Gasteiger partial charge in [0.2, 0.25) is 5.69 Å². The van der Waals surface area contributed by atoms with Crippen LogP contribution in [0.3, 0.4) is 0 Å². The molecule has 10 heteroatoms. The monoisotopic (exact) mass is 414 g/mol. The van der Waals surface area contributed by atoms with Gasteiger partial charge in [0.15, 0.2) is 0 Å². The Morgan fingerprint density at radius 2 is 1.66 bits per heavy atom. The molecule has 0 aliphatic rings. The van der Waals surface area contributed by atoms with Crippen LogP contribution in [0.4, 0.5) is 5.69 Å². The van der Waals surface area contributed by atoms with Gasteiger partial charge >= 0.3 is 11.7 Å². The molecule has 0 saturated carbocycles. The molecule has 1 amide bonds. The van der Waals surface area contributed by atoms with Crippen molar-refractivity contribution in [2.45, 2.75) is 0 Å². The molecule has 2 aromatic carbocycles. The minimum Gasteiger partial charge on any atom is -0.465 e. The molecule has 0 atom stereocenters.